The van der Waals surface area contributed by atoms with Gasteiger partial charge in [0.1, 0.15) is 12.1 Å². The van der Waals surface area contributed by atoms with Gasteiger partial charge in [-0.2, -0.15) is 0 Å². The number of rotatable bonds is 9. The van der Waals surface area contributed by atoms with Gasteiger partial charge in [-0.05, 0) is 31.6 Å². The van der Waals surface area contributed by atoms with E-state index in [4.69, 9.17) is 10.8 Å². The summed E-state index contributed by atoms with van der Waals surface area (Å²) in [5.74, 6) is -1.62. The number of nitrogens with one attached hydrogen (secondary N) is 2. The first kappa shape index (κ1) is 20.4. The average Bonchev–Trinajstić information content (AvgIpc) is 2.35. The maximum absolute atomic E-state index is 12.0. The van der Waals surface area contributed by atoms with Crippen LogP contribution in [0.4, 0.5) is 0 Å². The Morgan fingerprint density at radius 2 is 1.41 bits per heavy atom. The topological polar surface area (TPSA) is 122 Å². The Morgan fingerprint density at radius 1 is 0.909 bits per heavy atom. The zero-order chi connectivity index (χ0) is 17.4. The lowest BCUT2D eigenvalue weighted by Gasteiger charge is -2.21. The molecule has 3 atom stereocenters. The molecule has 0 radical (unpaired) electrons. The molecule has 0 rings (SSSR count). The molecule has 2 amide bonds. The second-order valence-electron chi connectivity index (χ2n) is 6.50. The molecule has 0 saturated carbocycles. The molecule has 0 fully saturated rings. The van der Waals surface area contributed by atoms with Crippen LogP contribution in [0.15, 0.2) is 0 Å². The molecule has 0 saturated heterocycles. The Kier molecular flexibility index (Phi) is 8.70. The summed E-state index contributed by atoms with van der Waals surface area (Å²) in [6.07, 6.45) is 0.847. The Bertz CT molecular complexity index is 396. The third-order valence-corrected chi connectivity index (χ3v) is 3.14. The van der Waals surface area contributed by atoms with Crippen molar-refractivity contribution in [3.05, 3.63) is 0 Å². The number of amides is 2. The fourth-order valence-electron chi connectivity index (χ4n) is 1.99. The fraction of sp³-hybridized carbons (Fsp3) is 0.800. The van der Waals surface area contributed by atoms with Crippen LogP contribution in [0.2, 0.25) is 0 Å². The molecule has 0 aromatic carbocycles. The summed E-state index contributed by atoms with van der Waals surface area (Å²) in [6, 6.07) is -2.47. The van der Waals surface area contributed by atoms with Gasteiger partial charge >= 0.3 is 5.97 Å². The Morgan fingerprint density at radius 3 is 1.82 bits per heavy atom. The molecule has 0 aromatic heterocycles. The molecule has 0 aliphatic carbocycles. The lowest BCUT2D eigenvalue weighted by atomic mass is 10.0. The number of carboxylic acids is 1. The minimum Gasteiger partial charge on any atom is -0.480 e. The Balaban J connectivity index is 4.52. The van der Waals surface area contributed by atoms with Gasteiger partial charge in [-0.1, -0.05) is 27.7 Å². The number of carbonyl (C=O) groups is 3. The summed E-state index contributed by atoms with van der Waals surface area (Å²) < 4.78 is 0. The minimum absolute atomic E-state index is 0.130. The van der Waals surface area contributed by atoms with E-state index in [1.165, 1.54) is 6.92 Å². The van der Waals surface area contributed by atoms with Crippen molar-refractivity contribution in [2.75, 3.05) is 0 Å². The fourth-order valence-corrected chi connectivity index (χ4v) is 1.99. The summed E-state index contributed by atoms with van der Waals surface area (Å²) in [5.41, 5.74) is 5.74. The van der Waals surface area contributed by atoms with E-state index < -0.39 is 35.9 Å². The predicted molar refractivity (Wildman–Crippen MR) is 84.1 cm³/mol. The molecule has 0 aromatic rings. The summed E-state index contributed by atoms with van der Waals surface area (Å²) in [7, 11) is 0. The van der Waals surface area contributed by atoms with Crippen LogP contribution in [-0.4, -0.2) is 41.0 Å². The monoisotopic (exact) mass is 315 g/mol. The molecule has 0 heterocycles. The molecular formula is C15H29N3O4. The average molecular weight is 315 g/mol. The highest BCUT2D eigenvalue weighted by Crippen LogP contribution is 2.06. The van der Waals surface area contributed by atoms with Crippen molar-refractivity contribution in [1.29, 1.82) is 0 Å². The van der Waals surface area contributed by atoms with Gasteiger partial charge in [0, 0.05) is 0 Å². The lowest BCUT2D eigenvalue weighted by Crippen LogP contribution is -2.53. The Hall–Kier alpha value is -1.63. The van der Waals surface area contributed by atoms with E-state index in [2.05, 4.69) is 10.6 Å². The van der Waals surface area contributed by atoms with Crippen LogP contribution in [0.25, 0.3) is 0 Å². The first-order chi connectivity index (χ1) is 10.0. The summed E-state index contributed by atoms with van der Waals surface area (Å²) >= 11 is 0. The van der Waals surface area contributed by atoms with Crippen LogP contribution in [0.3, 0.4) is 0 Å². The van der Waals surface area contributed by atoms with Gasteiger partial charge in [-0.3, -0.25) is 9.59 Å². The van der Waals surface area contributed by atoms with Crippen molar-refractivity contribution in [2.45, 2.75) is 65.6 Å². The molecule has 128 valence electrons. The minimum atomic E-state index is -1.09. The molecule has 22 heavy (non-hydrogen) atoms. The zero-order valence-corrected chi connectivity index (χ0v) is 14.1. The van der Waals surface area contributed by atoms with E-state index in [0.29, 0.717) is 12.8 Å². The van der Waals surface area contributed by atoms with Gasteiger partial charge in [0.05, 0.1) is 6.04 Å². The van der Waals surface area contributed by atoms with Crippen molar-refractivity contribution in [2.24, 2.45) is 17.6 Å². The SMILES string of the molecule is CC(C)C[C@H](NC(=O)[C@@H](C)NC(=O)[C@@H](N)CC(C)C)C(=O)O. The van der Waals surface area contributed by atoms with Crippen molar-refractivity contribution >= 4 is 17.8 Å². The highest BCUT2D eigenvalue weighted by molar-refractivity contribution is 5.91. The van der Waals surface area contributed by atoms with E-state index in [9.17, 15) is 14.4 Å². The summed E-state index contributed by atoms with van der Waals surface area (Å²) in [6.45, 7) is 9.15. The molecule has 0 unspecified atom stereocenters. The van der Waals surface area contributed by atoms with Gasteiger partial charge in [0.2, 0.25) is 11.8 Å². The van der Waals surface area contributed by atoms with Gasteiger partial charge < -0.3 is 21.5 Å². The largest absolute Gasteiger partial charge is 0.480 e. The van der Waals surface area contributed by atoms with Crippen LogP contribution in [-0.2, 0) is 14.4 Å². The molecule has 0 bridgehead atoms. The van der Waals surface area contributed by atoms with Gasteiger partial charge in [-0.25, -0.2) is 4.79 Å². The number of hydrogen-bond donors (Lipinski definition) is 4. The van der Waals surface area contributed by atoms with Crippen LogP contribution in [0.1, 0.15) is 47.5 Å². The van der Waals surface area contributed by atoms with Crippen LogP contribution >= 0.6 is 0 Å². The van der Waals surface area contributed by atoms with E-state index >= 15 is 0 Å². The molecule has 7 nitrogen and oxygen atoms in total. The predicted octanol–water partition coefficient (Wildman–Crippen LogP) is 0.480. The third-order valence-electron chi connectivity index (χ3n) is 3.14. The molecule has 0 spiro atoms. The smallest absolute Gasteiger partial charge is 0.326 e. The maximum Gasteiger partial charge on any atom is 0.326 e. The van der Waals surface area contributed by atoms with E-state index in [1.807, 2.05) is 27.7 Å². The number of aliphatic carboxylic acids is 1. The molecule has 0 aliphatic rings. The molecular weight excluding hydrogens is 286 g/mol. The molecule has 7 heteroatoms. The van der Waals surface area contributed by atoms with Gasteiger partial charge in [0.15, 0.2) is 0 Å². The highest BCUT2D eigenvalue weighted by atomic mass is 16.4. The summed E-state index contributed by atoms with van der Waals surface area (Å²) in [4.78, 5) is 35.0. The van der Waals surface area contributed by atoms with Crippen LogP contribution < -0.4 is 16.4 Å². The first-order valence-corrected chi connectivity index (χ1v) is 7.63. The van der Waals surface area contributed by atoms with Gasteiger partial charge in [0.25, 0.3) is 0 Å². The second kappa shape index (κ2) is 9.40. The number of hydrogen-bond acceptors (Lipinski definition) is 4. The standard InChI is InChI=1S/C15H29N3O4/c1-8(2)6-11(16)14(20)17-10(5)13(19)18-12(15(21)22)7-9(3)4/h8-12H,6-7,16H2,1-5H3,(H,17,20)(H,18,19)(H,21,22)/t10-,11+,12+/m1/s1. The zero-order valence-electron chi connectivity index (χ0n) is 14.1. The molecule has 5 N–H and O–H groups in total. The van der Waals surface area contributed by atoms with Gasteiger partial charge in [-0.15, -0.1) is 0 Å². The summed E-state index contributed by atoms with van der Waals surface area (Å²) in [5, 5.41) is 14.1. The lowest BCUT2D eigenvalue weighted by molar-refractivity contribution is -0.142. The maximum atomic E-state index is 12.0. The van der Waals surface area contributed by atoms with Crippen molar-refractivity contribution in [3.8, 4) is 0 Å². The quantitative estimate of drug-likeness (QED) is 0.493. The van der Waals surface area contributed by atoms with Crippen molar-refractivity contribution in [3.63, 3.8) is 0 Å². The molecule has 0 aliphatic heterocycles. The Labute approximate surface area is 132 Å². The van der Waals surface area contributed by atoms with E-state index in [1.54, 1.807) is 0 Å². The van der Waals surface area contributed by atoms with Crippen molar-refractivity contribution in [1.82, 2.24) is 10.6 Å². The highest BCUT2D eigenvalue weighted by Gasteiger charge is 2.25. The van der Waals surface area contributed by atoms with E-state index in [0.717, 1.165) is 0 Å². The van der Waals surface area contributed by atoms with Crippen LogP contribution in [0.5, 0.6) is 0 Å². The first-order valence-electron chi connectivity index (χ1n) is 7.63. The normalized spacial score (nSPS) is 15.3. The second-order valence-corrected chi connectivity index (χ2v) is 6.50. The number of carbonyl (C=O) groups excluding carboxylic acids is 2. The third kappa shape index (κ3) is 7.97. The number of nitrogens with two attached hydrogens (primary N) is 1. The van der Waals surface area contributed by atoms with E-state index in [-0.39, 0.29) is 11.8 Å². The number of carboxylic acid groups (broad SMARTS) is 1. The van der Waals surface area contributed by atoms with Crippen molar-refractivity contribution < 1.29 is 19.5 Å². The van der Waals surface area contributed by atoms with Crippen LogP contribution in [0, 0.1) is 11.8 Å².